The van der Waals surface area contributed by atoms with Gasteiger partial charge in [-0.2, -0.15) is 0 Å². The van der Waals surface area contributed by atoms with Crippen molar-refractivity contribution < 1.29 is 4.74 Å². The van der Waals surface area contributed by atoms with E-state index >= 15 is 0 Å². The van der Waals surface area contributed by atoms with Gasteiger partial charge in [0.15, 0.2) is 0 Å². The number of methoxy groups -OCH3 is 1. The number of nitrogens with two attached hydrogens (primary N) is 1. The maximum absolute atomic E-state index is 5.79. The Labute approximate surface area is 121 Å². The summed E-state index contributed by atoms with van der Waals surface area (Å²) in [7, 11) is 1.78. The Hall–Kier alpha value is -0.650. The zero-order valence-corrected chi connectivity index (χ0v) is 12.8. The zero-order valence-electron chi connectivity index (χ0n) is 10.4. The molecule has 5 heteroatoms. The van der Waals surface area contributed by atoms with Crippen LogP contribution in [0.5, 0.6) is 0 Å². The first kappa shape index (κ1) is 13.8. The second-order valence-electron chi connectivity index (χ2n) is 4.45. The Morgan fingerprint density at radius 2 is 2.11 bits per heavy atom. The normalized spacial score (nSPS) is 16.9. The maximum atomic E-state index is 5.79. The van der Waals surface area contributed by atoms with Crippen LogP contribution in [0.4, 0.5) is 5.69 Å². The Bertz CT molecular complexity index is 445. The van der Waals surface area contributed by atoms with Gasteiger partial charge in [-0.3, -0.25) is 0 Å². The fraction of sp³-hybridized carbons (Fsp3) is 0.462. The lowest BCUT2D eigenvalue weighted by molar-refractivity contribution is 0.0819. The smallest absolute Gasteiger partial charge is 0.106 e. The second-order valence-corrected chi connectivity index (χ2v) is 5.80. The molecule has 2 N–H and O–H groups in total. The first-order chi connectivity index (χ1) is 8.61. The van der Waals surface area contributed by atoms with Gasteiger partial charge in [0.1, 0.15) is 4.99 Å². The van der Waals surface area contributed by atoms with E-state index in [2.05, 4.69) is 26.9 Å². The Kier molecular flexibility index (Phi) is 4.59. The van der Waals surface area contributed by atoms with Crippen LogP contribution in [0.25, 0.3) is 0 Å². The van der Waals surface area contributed by atoms with Gasteiger partial charge in [0.2, 0.25) is 0 Å². The van der Waals surface area contributed by atoms with Crippen molar-refractivity contribution >= 4 is 38.8 Å². The molecule has 0 bridgehead atoms. The quantitative estimate of drug-likeness (QED) is 0.866. The summed E-state index contributed by atoms with van der Waals surface area (Å²) in [6.07, 6.45) is 2.46. The van der Waals surface area contributed by atoms with Crippen molar-refractivity contribution in [2.75, 3.05) is 25.1 Å². The zero-order chi connectivity index (χ0) is 13.1. The fourth-order valence-electron chi connectivity index (χ4n) is 2.31. The van der Waals surface area contributed by atoms with E-state index in [1.54, 1.807) is 7.11 Å². The molecule has 0 unspecified atom stereocenters. The number of anilines is 1. The number of hydrogen-bond acceptors (Lipinski definition) is 3. The standard InChI is InChI=1S/C13H17BrN2OS/c1-17-10-4-6-16(7-5-10)12-8-9(14)2-3-11(12)13(15)18/h2-3,8,10H,4-7H2,1H3,(H2,15,18). The SMILES string of the molecule is COC1CCN(c2cc(Br)ccc2C(N)=S)CC1. The molecule has 1 aromatic rings. The van der Waals surface area contributed by atoms with Crippen molar-refractivity contribution in [3.05, 3.63) is 28.2 Å². The lowest BCUT2D eigenvalue weighted by atomic mass is 10.0. The summed E-state index contributed by atoms with van der Waals surface area (Å²) in [6, 6.07) is 6.03. The highest BCUT2D eigenvalue weighted by atomic mass is 79.9. The number of rotatable bonds is 3. The highest BCUT2D eigenvalue weighted by Gasteiger charge is 2.21. The summed E-state index contributed by atoms with van der Waals surface area (Å²) in [5, 5.41) is 0. The summed E-state index contributed by atoms with van der Waals surface area (Å²) >= 11 is 8.62. The number of halogens is 1. The largest absolute Gasteiger partial charge is 0.389 e. The van der Waals surface area contributed by atoms with Crippen molar-refractivity contribution in [2.24, 2.45) is 5.73 Å². The molecule has 1 saturated heterocycles. The van der Waals surface area contributed by atoms with Crippen LogP contribution in [0.3, 0.4) is 0 Å². The lowest BCUT2D eigenvalue weighted by Crippen LogP contribution is -2.37. The molecule has 18 heavy (non-hydrogen) atoms. The minimum Gasteiger partial charge on any atom is -0.389 e. The summed E-state index contributed by atoms with van der Waals surface area (Å²) in [5.41, 5.74) is 7.85. The summed E-state index contributed by atoms with van der Waals surface area (Å²) in [5.74, 6) is 0. The van der Waals surface area contributed by atoms with Gasteiger partial charge >= 0.3 is 0 Å². The first-order valence-electron chi connectivity index (χ1n) is 5.99. The minimum atomic E-state index is 0.377. The van der Waals surface area contributed by atoms with E-state index in [0.717, 1.165) is 41.7 Å². The molecule has 0 aliphatic carbocycles. The Morgan fingerprint density at radius 3 is 2.67 bits per heavy atom. The lowest BCUT2D eigenvalue weighted by Gasteiger charge is -2.34. The molecule has 0 spiro atoms. The predicted octanol–water partition coefficient (Wildman–Crippen LogP) is 2.70. The monoisotopic (exact) mass is 328 g/mol. The molecule has 0 saturated carbocycles. The number of hydrogen-bond donors (Lipinski definition) is 1. The number of thiocarbonyl (C=S) groups is 1. The van der Waals surface area contributed by atoms with Crippen molar-refractivity contribution in [3.8, 4) is 0 Å². The van der Waals surface area contributed by atoms with Gasteiger partial charge in [-0.1, -0.05) is 28.1 Å². The Balaban J connectivity index is 2.22. The highest BCUT2D eigenvalue weighted by molar-refractivity contribution is 9.10. The fourth-order valence-corrected chi connectivity index (χ4v) is 2.83. The minimum absolute atomic E-state index is 0.377. The topological polar surface area (TPSA) is 38.5 Å². The molecule has 1 fully saturated rings. The van der Waals surface area contributed by atoms with Gasteiger partial charge in [-0.05, 0) is 31.0 Å². The van der Waals surface area contributed by atoms with Gasteiger partial charge in [0.05, 0.1) is 6.10 Å². The predicted molar refractivity (Wildman–Crippen MR) is 82.3 cm³/mol. The van der Waals surface area contributed by atoms with Gasteiger partial charge in [0, 0.05) is 35.9 Å². The van der Waals surface area contributed by atoms with Crippen LogP contribution in [0.2, 0.25) is 0 Å². The molecule has 1 aromatic carbocycles. The number of ether oxygens (including phenoxy) is 1. The Morgan fingerprint density at radius 1 is 1.44 bits per heavy atom. The second kappa shape index (κ2) is 5.99. The summed E-state index contributed by atoms with van der Waals surface area (Å²) in [4.78, 5) is 2.78. The third-order valence-corrected chi connectivity index (χ3v) is 4.05. The van der Waals surface area contributed by atoms with E-state index < -0.39 is 0 Å². The van der Waals surface area contributed by atoms with Crippen LogP contribution in [0, 0.1) is 0 Å². The van der Waals surface area contributed by atoms with Gasteiger partial charge in [-0.15, -0.1) is 0 Å². The van der Waals surface area contributed by atoms with Gasteiger partial charge in [0.25, 0.3) is 0 Å². The average molecular weight is 329 g/mol. The molecular weight excluding hydrogens is 312 g/mol. The van der Waals surface area contributed by atoms with Crippen LogP contribution < -0.4 is 10.6 Å². The van der Waals surface area contributed by atoms with Crippen molar-refractivity contribution in [3.63, 3.8) is 0 Å². The van der Waals surface area contributed by atoms with E-state index in [4.69, 9.17) is 22.7 Å². The summed E-state index contributed by atoms with van der Waals surface area (Å²) < 4.78 is 6.44. The molecule has 2 rings (SSSR count). The third-order valence-electron chi connectivity index (χ3n) is 3.34. The number of nitrogens with zero attached hydrogens (tertiary/aromatic N) is 1. The number of benzene rings is 1. The molecular formula is C13H17BrN2OS. The summed E-state index contributed by atoms with van der Waals surface area (Å²) in [6.45, 7) is 1.95. The van der Waals surface area contributed by atoms with E-state index in [1.807, 2.05) is 12.1 Å². The molecule has 0 amide bonds. The van der Waals surface area contributed by atoms with E-state index in [1.165, 1.54) is 0 Å². The number of piperidine rings is 1. The van der Waals surface area contributed by atoms with Crippen LogP contribution in [-0.4, -0.2) is 31.3 Å². The maximum Gasteiger partial charge on any atom is 0.106 e. The van der Waals surface area contributed by atoms with Gasteiger partial charge < -0.3 is 15.4 Å². The van der Waals surface area contributed by atoms with Crippen LogP contribution in [0.1, 0.15) is 18.4 Å². The molecule has 0 aromatic heterocycles. The average Bonchev–Trinajstić information content (AvgIpc) is 2.38. The molecule has 1 aliphatic rings. The molecule has 3 nitrogen and oxygen atoms in total. The molecule has 98 valence electrons. The first-order valence-corrected chi connectivity index (χ1v) is 7.19. The van der Waals surface area contributed by atoms with E-state index in [0.29, 0.717) is 11.1 Å². The molecule has 0 atom stereocenters. The van der Waals surface area contributed by atoms with Gasteiger partial charge in [-0.25, -0.2) is 0 Å². The van der Waals surface area contributed by atoms with Crippen molar-refractivity contribution in [1.29, 1.82) is 0 Å². The highest BCUT2D eigenvalue weighted by Crippen LogP contribution is 2.28. The van der Waals surface area contributed by atoms with E-state index in [-0.39, 0.29) is 0 Å². The third kappa shape index (κ3) is 3.02. The van der Waals surface area contributed by atoms with Crippen LogP contribution in [-0.2, 0) is 4.74 Å². The van der Waals surface area contributed by atoms with E-state index in [9.17, 15) is 0 Å². The van der Waals surface area contributed by atoms with Crippen molar-refractivity contribution in [1.82, 2.24) is 0 Å². The van der Waals surface area contributed by atoms with Crippen molar-refractivity contribution in [2.45, 2.75) is 18.9 Å². The molecule has 1 heterocycles. The van der Waals surface area contributed by atoms with Crippen LogP contribution >= 0.6 is 28.1 Å². The molecule has 1 aliphatic heterocycles. The van der Waals surface area contributed by atoms with Crippen LogP contribution in [0.15, 0.2) is 22.7 Å². The molecule has 0 radical (unpaired) electrons.